The van der Waals surface area contributed by atoms with Crippen LogP contribution < -0.4 is 4.74 Å². The standard InChI is InChI=1S/C14H17F3O2/c1-12(2,8-13(9-19-13)14(15,16)17)10-6-4-5-7-11(10)18-3/h4-7H,8-9H2,1-3H3/t13-/m1/s1. The van der Waals surface area contributed by atoms with Gasteiger partial charge in [-0.15, -0.1) is 0 Å². The van der Waals surface area contributed by atoms with Crippen LogP contribution in [0.3, 0.4) is 0 Å². The Balaban J connectivity index is 2.28. The summed E-state index contributed by atoms with van der Waals surface area (Å²) >= 11 is 0. The third-order valence-corrected chi connectivity index (χ3v) is 3.57. The molecule has 0 aliphatic carbocycles. The number of methoxy groups -OCH3 is 1. The van der Waals surface area contributed by atoms with Crippen molar-refractivity contribution in [2.24, 2.45) is 0 Å². The summed E-state index contributed by atoms with van der Waals surface area (Å²) in [5, 5.41) is 0. The molecule has 2 rings (SSSR count). The maximum atomic E-state index is 13.0. The van der Waals surface area contributed by atoms with Crippen molar-refractivity contribution in [2.75, 3.05) is 13.7 Å². The minimum absolute atomic E-state index is 0.107. The molecule has 1 saturated heterocycles. The largest absolute Gasteiger partial charge is 0.496 e. The van der Waals surface area contributed by atoms with Gasteiger partial charge in [0.2, 0.25) is 0 Å². The molecule has 0 aromatic heterocycles. The topological polar surface area (TPSA) is 21.8 Å². The first-order chi connectivity index (χ1) is 8.72. The second-order valence-corrected chi connectivity index (χ2v) is 5.54. The molecule has 1 aliphatic heterocycles. The highest BCUT2D eigenvalue weighted by Crippen LogP contribution is 2.51. The smallest absolute Gasteiger partial charge is 0.419 e. The molecule has 1 atom stereocenters. The molecule has 1 aromatic rings. The van der Waals surface area contributed by atoms with Crippen molar-refractivity contribution in [2.45, 2.75) is 37.5 Å². The predicted molar refractivity (Wildman–Crippen MR) is 65.4 cm³/mol. The Hall–Kier alpha value is -1.23. The van der Waals surface area contributed by atoms with Crippen molar-refractivity contribution in [1.29, 1.82) is 0 Å². The van der Waals surface area contributed by atoms with Crippen LogP contribution >= 0.6 is 0 Å². The van der Waals surface area contributed by atoms with E-state index in [1.54, 1.807) is 38.1 Å². The van der Waals surface area contributed by atoms with E-state index in [1.807, 2.05) is 0 Å². The average Bonchev–Trinajstić information content (AvgIpc) is 3.08. The molecular formula is C14H17F3O2. The van der Waals surface area contributed by atoms with Gasteiger partial charge in [-0.25, -0.2) is 0 Å². The summed E-state index contributed by atoms with van der Waals surface area (Å²) in [4.78, 5) is 0. The number of hydrogen-bond donors (Lipinski definition) is 0. The summed E-state index contributed by atoms with van der Waals surface area (Å²) < 4.78 is 48.9. The Morgan fingerprint density at radius 3 is 2.32 bits per heavy atom. The summed E-state index contributed by atoms with van der Waals surface area (Å²) in [6, 6.07) is 7.15. The molecule has 0 unspecified atom stereocenters. The maximum Gasteiger partial charge on any atom is 0.419 e. The second-order valence-electron chi connectivity index (χ2n) is 5.54. The lowest BCUT2D eigenvalue weighted by atomic mass is 9.76. The monoisotopic (exact) mass is 274 g/mol. The molecule has 0 N–H and O–H groups in total. The number of hydrogen-bond acceptors (Lipinski definition) is 2. The first-order valence-corrected chi connectivity index (χ1v) is 6.06. The summed E-state index contributed by atoms with van der Waals surface area (Å²) in [5.74, 6) is 0.602. The minimum atomic E-state index is -4.33. The Morgan fingerprint density at radius 1 is 1.26 bits per heavy atom. The summed E-state index contributed by atoms with van der Waals surface area (Å²) in [5.41, 5.74) is -1.91. The number of benzene rings is 1. The number of alkyl halides is 3. The van der Waals surface area contributed by atoms with Crippen LogP contribution in [0, 0.1) is 0 Å². The van der Waals surface area contributed by atoms with E-state index in [9.17, 15) is 13.2 Å². The van der Waals surface area contributed by atoms with Gasteiger partial charge in [-0.05, 0) is 23.5 Å². The van der Waals surface area contributed by atoms with E-state index in [-0.39, 0.29) is 13.0 Å². The van der Waals surface area contributed by atoms with Crippen molar-refractivity contribution in [3.63, 3.8) is 0 Å². The van der Waals surface area contributed by atoms with Crippen molar-refractivity contribution in [3.8, 4) is 5.75 Å². The van der Waals surface area contributed by atoms with E-state index in [0.717, 1.165) is 5.56 Å². The summed E-state index contributed by atoms with van der Waals surface area (Å²) in [6.45, 7) is 3.30. The second kappa shape index (κ2) is 4.40. The molecule has 2 nitrogen and oxygen atoms in total. The van der Waals surface area contributed by atoms with Crippen molar-refractivity contribution >= 4 is 0 Å². The molecule has 1 aromatic carbocycles. The molecule has 0 radical (unpaired) electrons. The van der Waals surface area contributed by atoms with E-state index in [1.165, 1.54) is 7.11 Å². The van der Waals surface area contributed by atoms with Gasteiger partial charge in [0.1, 0.15) is 5.75 Å². The van der Waals surface area contributed by atoms with Crippen LogP contribution in [0.5, 0.6) is 5.75 Å². The van der Waals surface area contributed by atoms with E-state index >= 15 is 0 Å². The fourth-order valence-corrected chi connectivity index (χ4v) is 2.47. The molecule has 1 aliphatic rings. The van der Waals surface area contributed by atoms with Crippen LogP contribution in [-0.2, 0) is 10.2 Å². The Morgan fingerprint density at radius 2 is 1.84 bits per heavy atom. The van der Waals surface area contributed by atoms with Crippen LogP contribution in [0.15, 0.2) is 24.3 Å². The molecule has 1 heterocycles. The molecule has 0 saturated carbocycles. The Kier molecular flexibility index (Phi) is 3.29. The lowest BCUT2D eigenvalue weighted by Gasteiger charge is -2.30. The molecule has 0 spiro atoms. The Bertz CT molecular complexity index is 462. The molecule has 1 fully saturated rings. The summed E-state index contributed by atoms with van der Waals surface area (Å²) in [7, 11) is 1.52. The molecule has 5 heteroatoms. The highest BCUT2D eigenvalue weighted by Gasteiger charge is 2.67. The van der Waals surface area contributed by atoms with Crippen LogP contribution in [0.2, 0.25) is 0 Å². The fraction of sp³-hybridized carbons (Fsp3) is 0.571. The normalized spacial score (nSPS) is 23.3. The first kappa shape index (κ1) is 14.2. The SMILES string of the molecule is COc1ccccc1C(C)(C)C[C@]1(C(F)(F)F)CO1. The Labute approximate surface area is 110 Å². The molecule has 0 bridgehead atoms. The van der Waals surface area contributed by atoms with Crippen LogP contribution in [0.25, 0.3) is 0 Å². The molecular weight excluding hydrogens is 257 g/mol. The lowest BCUT2D eigenvalue weighted by Crippen LogP contribution is -2.39. The minimum Gasteiger partial charge on any atom is -0.496 e. The molecule has 0 amide bonds. The quantitative estimate of drug-likeness (QED) is 0.781. The van der Waals surface area contributed by atoms with E-state index in [4.69, 9.17) is 9.47 Å². The van der Waals surface area contributed by atoms with Crippen molar-refractivity contribution in [3.05, 3.63) is 29.8 Å². The number of rotatable bonds is 4. The van der Waals surface area contributed by atoms with Gasteiger partial charge >= 0.3 is 6.18 Å². The molecule has 106 valence electrons. The van der Waals surface area contributed by atoms with Gasteiger partial charge in [-0.3, -0.25) is 0 Å². The van der Waals surface area contributed by atoms with Crippen molar-refractivity contribution in [1.82, 2.24) is 0 Å². The molecule has 19 heavy (non-hydrogen) atoms. The van der Waals surface area contributed by atoms with Crippen LogP contribution in [-0.4, -0.2) is 25.5 Å². The van der Waals surface area contributed by atoms with Gasteiger partial charge in [0.25, 0.3) is 0 Å². The predicted octanol–water partition coefficient (Wildman–Crippen LogP) is 3.69. The van der Waals surface area contributed by atoms with E-state index in [2.05, 4.69) is 0 Å². The van der Waals surface area contributed by atoms with Gasteiger partial charge in [-0.1, -0.05) is 32.0 Å². The zero-order chi connectivity index (χ0) is 14.3. The highest BCUT2D eigenvalue weighted by molar-refractivity contribution is 5.39. The van der Waals surface area contributed by atoms with E-state index < -0.39 is 17.2 Å². The zero-order valence-electron chi connectivity index (χ0n) is 11.2. The third-order valence-electron chi connectivity index (χ3n) is 3.57. The number of ether oxygens (including phenoxy) is 2. The fourth-order valence-electron chi connectivity index (χ4n) is 2.47. The maximum absolute atomic E-state index is 13.0. The average molecular weight is 274 g/mol. The zero-order valence-corrected chi connectivity index (χ0v) is 11.2. The van der Waals surface area contributed by atoms with Crippen LogP contribution in [0.4, 0.5) is 13.2 Å². The highest BCUT2D eigenvalue weighted by atomic mass is 19.4. The van der Waals surface area contributed by atoms with E-state index in [0.29, 0.717) is 5.75 Å². The van der Waals surface area contributed by atoms with Gasteiger partial charge in [-0.2, -0.15) is 13.2 Å². The van der Waals surface area contributed by atoms with Gasteiger partial charge < -0.3 is 9.47 Å². The first-order valence-electron chi connectivity index (χ1n) is 6.06. The van der Waals surface area contributed by atoms with Crippen LogP contribution in [0.1, 0.15) is 25.8 Å². The number of para-hydroxylation sites is 1. The number of epoxide rings is 1. The summed E-state index contributed by atoms with van der Waals surface area (Å²) in [6.07, 6.45) is -4.43. The third kappa shape index (κ3) is 2.56. The van der Waals surface area contributed by atoms with Gasteiger partial charge in [0, 0.05) is 0 Å². The number of halogens is 3. The van der Waals surface area contributed by atoms with Gasteiger partial charge in [0.05, 0.1) is 13.7 Å². The van der Waals surface area contributed by atoms with Crippen molar-refractivity contribution < 1.29 is 22.6 Å². The van der Waals surface area contributed by atoms with Gasteiger partial charge in [0.15, 0.2) is 5.60 Å². The lowest BCUT2D eigenvalue weighted by molar-refractivity contribution is -0.188.